The topological polar surface area (TPSA) is 49.7 Å². The van der Waals surface area contributed by atoms with Crippen LogP contribution in [0.15, 0.2) is 35.3 Å². The van der Waals surface area contributed by atoms with Crippen molar-refractivity contribution in [3.8, 4) is 0 Å². The summed E-state index contributed by atoms with van der Waals surface area (Å²) in [5.74, 6) is 0.611. The third-order valence-corrected chi connectivity index (χ3v) is 4.77. The molecule has 0 atom stereocenters. The van der Waals surface area contributed by atoms with E-state index < -0.39 is 12.7 Å². The second kappa shape index (κ2) is 5.57. The second-order valence-electron chi connectivity index (χ2n) is 5.74. The average Bonchev–Trinajstić information content (AvgIpc) is 2.92. The molecule has 1 fully saturated rings. The second-order valence-corrected chi connectivity index (χ2v) is 6.73. The van der Waals surface area contributed by atoms with Gasteiger partial charge in [0.1, 0.15) is 5.60 Å². The van der Waals surface area contributed by atoms with Gasteiger partial charge in [-0.15, -0.1) is 0 Å². The Morgan fingerprint density at radius 3 is 2.86 bits per heavy atom. The minimum atomic E-state index is -0.510. The first-order chi connectivity index (χ1) is 10.4. The quantitative estimate of drug-likeness (QED) is 0.806. The lowest BCUT2D eigenvalue weighted by Gasteiger charge is -2.15. The number of thiazole rings is 1. The molecular formula is C15H18BNO4S. The highest BCUT2D eigenvalue weighted by Gasteiger charge is 2.42. The molecule has 0 N–H and O–H groups in total. The maximum Gasteiger partial charge on any atom is 0.563 e. The lowest BCUT2D eigenvalue weighted by atomic mass is 9.79. The first-order valence-electron chi connectivity index (χ1n) is 7.08. The summed E-state index contributed by atoms with van der Waals surface area (Å²) in [5.41, 5.74) is 1.25. The Morgan fingerprint density at radius 2 is 2.23 bits per heavy atom. The van der Waals surface area contributed by atoms with Gasteiger partial charge in [0, 0.05) is 7.11 Å². The fourth-order valence-electron chi connectivity index (χ4n) is 2.38. The van der Waals surface area contributed by atoms with Crippen LogP contribution in [0.3, 0.4) is 0 Å². The van der Waals surface area contributed by atoms with E-state index in [9.17, 15) is 4.79 Å². The Kier molecular flexibility index (Phi) is 3.88. The highest BCUT2D eigenvalue weighted by atomic mass is 32.1. The van der Waals surface area contributed by atoms with Gasteiger partial charge in [0.05, 0.1) is 29.1 Å². The molecule has 0 spiro atoms. The predicted octanol–water partition coefficient (Wildman–Crippen LogP) is 1.74. The van der Waals surface area contributed by atoms with Crippen molar-refractivity contribution < 1.29 is 14.0 Å². The van der Waals surface area contributed by atoms with Crippen LogP contribution < -0.4 is 10.3 Å². The molecule has 1 aromatic carbocycles. The molecule has 0 aliphatic carbocycles. The van der Waals surface area contributed by atoms with Gasteiger partial charge in [-0.25, -0.2) is 0 Å². The van der Waals surface area contributed by atoms with E-state index >= 15 is 0 Å². The van der Waals surface area contributed by atoms with Gasteiger partial charge >= 0.3 is 12.0 Å². The van der Waals surface area contributed by atoms with Gasteiger partial charge < -0.3 is 14.0 Å². The van der Waals surface area contributed by atoms with Crippen molar-refractivity contribution in [2.75, 3.05) is 13.7 Å². The fraction of sp³-hybridized carbons (Fsp3) is 0.400. The number of fused-ring (bicyclic) bond motifs is 1. The van der Waals surface area contributed by atoms with Crippen molar-refractivity contribution in [3.63, 3.8) is 0 Å². The van der Waals surface area contributed by atoms with Gasteiger partial charge in [-0.05, 0) is 31.4 Å². The molecule has 1 aliphatic rings. The molecule has 2 aromatic rings. The van der Waals surface area contributed by atoms with Gasteiger partial charge in [0.2, 0.25) is 0 Å². The van der Waals surface area contributed by atoms with E-state index in [1.807, 2.05) is 32.0 Å². The number of ether oxygens (including phenoxy) is 1. The molecule has 0 amide bonds. The largest absolute Gasteiger partial charge is 0.563 e. The molecule has 22 heavy (non-hydrogen) atoms. The van der Waals surface area contributed by atoms with Gasteiger partial charge in [0.25, 0.3) is 0 Å². The SMILES string of the molecule is C=C1OB(c2ccc3sc(=O)n(CCOC)c3c2)OC1(C)C. The van der Waals surface area contributed by atoms with Crippen LogP contribution in [0.5, 0.6) is 0 Å². The Balaban J connectivity index is 1.99. The zero-order valence-electron chi connectivity index (χ0n) is 12.9. The predicted molar refractivity (Wildman–Crippen MR) is 88.7 cm³/mol. The van der Waals surface area contributed by atoms with Crippen molar-refractivity contribution in [2.45, 2.75) is 26.0 Å². The number of aromatic nitrogens is 1. The van der Waals surface area contributed by atoms with Crippen molar-refractivity contribution in [2.24, 2.45) is 0 Å². The number of nitrogens with zero attached hydrogens (tertiary/aromatic N) is 1. The number of hydrogen-bond donors (Lipinski definition) is 0. The van der Waals surface area contributed by atoms with E-state index in [1.165, 1.54) is 11.3 Å². The number of methoxy groups -OCH3 is 1. The Bertz CT molecular complexity index is 779. The smallest absolute Gasteiger partial charge is 0.534 e. The van der Waals surface area contributed by atoms with Crippen molar-refractivity contribution in [1.29, 1.82) is 0 Å². The van der Waals surface area contributed by atoms with Crippen LogP contribution in [0.1, 0.15) is 13.8 Å². The monoisotopic (exact) mass is 319 g/mol. The lowest BCUT2D eigenvalue weighted by Crippen LogP contribution is -2.34. The van der Waals surface area contributed by atoms with E-state index in [2.05, 4.69) is 6.58 Å². The highest BCUT2D eigenvalue weighted by Crippen LogP contribution is 2.29. The molecule has 116 valence electrons. The van der Waals surface area contributed by atoms with Gasteiger partial charge in [0.15, 0.2) is 0 Å². The third-order valence-electron chi connectivity index (χ3n) is 3.81. The van der Waals surface area contributed by atoms with E-state index in [0.717, 1.165) is 15.7 Å². The zero-order chi connectivity index (χ0) is 15.9. The molecule has 0 unspecified atom stereocenters. The molecule has 1 saturated heterocycles. The van der Waals surface area contributed by atoms with Gasteiger partial charge in [-0.3, -0.25) is 9.36 Å². The average molecular weight is 319 g/mol. The highest BCUT2D eigenvalue weighted by molar-refractivity contribution is 7.16. The first kappa shape index (κ1) is 15.3. The van der Waals surface area contributed by atoms with E-state index in [0.29, 0.717) is 18.9 Å². The molecule has 0 radical (unpaired) electrons. The summed E-state index contributed by atoms with van der Waals surface area (Å²) in [6, 6.07) is 5.81. The Morgan fingerprint density at radius 1 is 1.45 bits per heavy atom. The van der Waals surface area contributed by atoms with E-state index in [1.54, 1.807) is 11.7 Å². The molecule has 2 heterocycles. The molecule has 7 heteroatoms. The summed E-state index contributed by atoms with van der Waals surface area (Å²) in [6.07, 6.45) is 0. The molecule has 5 nitrogen and oxygen atoms in total. The summed E-state index contributed by atoms with van der Waals surface area (Å²) in [5, 5.41) is 0. The molecule has 0 bridgehead atoms. The minimum absolute atomic E-state index is 0.0159. The maximum atomic E-state index is 12.1. The summed E-state index contributed by atoms with van der Waals surface area (Å²) in [4.78, 5) is 12.1. The summed E-state index contributed by atoms with van der Waals surface area (Å²) >= 11 is 1.23. The van der Waals surface area contributed by atoms with E-state index in [4.69, 9.17) is 14.0 Å². The number of benzene rings is 1. The van der Waals surface area contributed by atoms with Crippen molar-refractivity contribution >= 4 is 34.1 Å². The minimum Gasteiger partial charge on any atom is -0.534 e. The van der Waals surface area contributed by atoms with Crippen LogP contribution in [0.2, 0.25) is 0 Å². The summed E-state index contributed by atoms with van der Waals surface area (Å²) < 4.78 is 19.4. The standard InChI is InChI=1S/C15H18BNO4S/c1-10-15(2,3)21-16(20-10)11-5-6-13-12(9-11)17(7-8-19-4)14(18)22-13/h5-6,9H,1,7-8H2,2-4H3. The Labute approximate surface area is 133 Å². The molecular weight excluding hydrogens is 301 g/mol. The van der Waals surface area contributed by atoms with E-state index in [-0.39, 0.29) is 4.87 Å². The van der Waals surface area contributed by atoms with Crippen molar-refractivity contribution in [3.05, 3.63) is 40.2 Å². The van der Waals surface area contributed by atoms with Crippen molar-refractivity contribution in [1.82, 2.24) is 4.57 Å². The Hall–Kier alpha value is -1.57. The van der Waals surface area contributed by atoms with Gasteiger partial charge in [-0.1, -0.05) is 24.0 Å². The fourth-order valence-corrected chi connectivity index (χ4v) is 3.28. The summed E-state index contributed by atoms with van der Waals surface area (Å²) in [6.45, 7) is 8.76. The zero-order valence-corrected chi connectivity index (χ0v) is 13.7. The first-order valence-corrected chi connectivity index (χ1v) is 7.90. The van der Waals surface area contributed by atoms with Gasteiger partial charge in [-0.2, -0.15) is 0 Å². The normalized spacial score (nSPS) is 17.2. The van der Waals surface area contributed by atoms with Crippen LogP contribution in [-0.2, 0) is 20.6 Å². The third kappa shape index (κ3) is 2.60. The van der Waals surface area contributed by atoms with Crippen LogP contribution >= 0.6 is 11.3 Å². The molecule has 1 aliphatic heterocycles. The molecule has 1 aromatic heterocycles. The van der Waals surface area contributed by atoms with Crippen LogP contribution in [0.4, 0.5) is 0 Å². The lowest BCUT2D eigenvalue weighted by molar-refractivity contribution is 0.173. The number of rotatable bonds is 4. The molecule has 3 rings (SSSR count). The van der Waals surface area contributed by atoms with Crippen LogP contribution in [0, 0.1) is 0 Å². The maximum absolute atomic E-state index is 12.1. The summed E-state index contributed by atoms with van der Waals surface area (Å²) in [7, 11) is 1.14. The molecule has 0 saturated carbocycles. The number of hydrogen-bond acceptors (Lipinski definition) is 5. The van der Waals surface area contributed by atoms with Crippen LogP contribution in [0.25, 0.3) is 10.2 Å². The van der Waals surface area contributed by atoms with Crippen LogP contribution in [-0.4, -0.2) is 31.0 Å².